The summed E-state index contributed by atoms with van der Waals surface area (Å²) < 4.78 is 4.54. The highest BCUT2D eigenvalue weighted by atomic mass is 35.5. The van der Waals surface area contributed by atoms with E-state index < -0.39 is 28.4 Å². The van der Waals surface area contributed by atoms with Crippen LogP contribution in [0.15, 0.2) is 36.4 Å². The largest absolute Gasteiger partial charge is 0.465 e. The van der Waals surface area contributed by atoms with Crippen molar-refractivity contribution < 1.29 is 24.0 Å². The molecule has 2 rings (SSSR count). The lowest BCUT2D eigenvalue weighted by Gasteiger charge is -2.09. The monoisotopic (exact) mass is 391 g/mol. The number of hydrogen-bond acceptors (Lipinski definition) is 6. The van der Waals surface area contributed by atoms with E-state index in [-0.39, 0.29) is 27.4 Å². The fourth-order valence-corrected chi connectivity index (χ4v) is 2.40. The predicted octanol–water partition coefficient (Wildman–Crippen LogP) is 2.65. The molecule has 0 atom stereocenters. The topological polar surface area (TPSA) is 128 Å². The van der Waals surface area contributed by atoms with Gasteiger partial charge in [0.2, 0.25) is 0 Å². The van der Waals surface area contributed by atoms with Crippen molar-refractivity contribution in [1.82, 2.24) is 5.32 Å². The zero-order chi connectivity index (χ0) is 20.1. The lowest BCUT2D eigenvalue weighted by atomic mass is 10.1. The van der Waals surface area contributed by atoms with Gasteiger partial charge in [0.15, 0.2) is 0 Å². The van der Waals surface area contributed by atoms with Gasteiger partial charge in [0.05, 0.1) is 28.2 Å². The minimum absolute atomic E-state index is 0.124. The second-order valence-corrected chi connectivity index (χ2v) is 5.65. The first kappa shape index (κ1) is 19.9. The highest BCUT2D eigenvalue weighted by Crippen LogP contribution is 2.23. The SMILES string of the molecule is CNC(=O)c1cc(NC(=O)c2cc(C(=O)OC)cc([N+](=O)[O-])c2)ccc1Cl. The van der Waals surface area contributed by atoms with Crippen LogP contribution < -0.4 is 10.6 Å². The molecule has 2 aromatic carbocycles. The summed E-state index contributed by atoms with van der Waals surface area (Å²) in [4.78, 5) is 46.2. The molecule has 0 aliphatic heterocycles. The van der Waals surface area contributed by atoms with Crippen LogP contribution in [-0.2, 0) is 4.74 Å². The summed E-state index contributed by atoms with van der Waals surface area (Å²) in [6.07, 6.45) is 0. The van der Waals surface area contributed by atoms with Crippen LogP contribution in [0.2, 0.25) is 5.02 Å². The van der Waals surface area contributed by atoms with Crippen LogP contribution in [0, 0.1) is 10.1 Å². The molecule has 0 bridgehead atoms. The molecule has 0 saturated carbocycles. The van der Waals surface area contributed by atoms with E-state index in [0.717, 1.165) is 19.2 Å². The smallest absolute Gasteiger partial charge is 0.338 e. The van der Waals surface area contributed by atoms with Crippen LogP contribution in [0.4, 0.5) is 11.4 Å². The molecule has 0 aliphatic rings. The minimum atomic E-state index is -0.818. The molecule has 0 fully saturated rings. The number of nitro groups is 1. The van der Waals surface area contributed by atoms with Gasteiger partial charge in [0, 0.05) is 30.4 Å². The number of benzene rings is 2. The van der Waals surface area contributed by atoms with E-state index in [4.69, 9.17) is 11.6 Å². The highest BCUT2D eigenvalue weighted by Gasteiger charge is 2.19. The molecule has 0 spiro atoms. The van der Waals surface area contributed by atoms with Crippen LogP contribution in [0.3, 0.4) is 0 Å². The Morgan fingerprint density at radius 3 is 2.33 bits per heavy atom. The van der Waals surface area contributed by atoms with Gasteiger partial charge in [-0.15, -0.1) is 0 Å². The molecule has 0 heterocycles. The van der Waals surface area contributed by atoms with E-state index in [1.165, 1.54) is 31.3 Å². The number of hydrogen-bond donors (Lipinski definition) is 2. The Morgan fingerprint density at radius 1 is 1.07 bits per heavy atom. The van der Waals surface area contributed by atoms with Gasteiger partial charge < -0.3 is 15.4 Å². The predicted molar refractivity (Wildman–Crippen MR) is 97.2 cm³/mol. The Hall–Kier alpha value is -3.46. The van der Waals surface area contributed by atoms with Crippen molar-refractivity contribution in [2.75, 3.05) is 19.5 Å². The third-order valence-electron chi connectivity index (χ3n) is 3.51. The summed E-state index contributed by atoms with van der Waals surface area (Å²) in [5.74, 6) is -1.98. The molecular weight excluding hydrogens is 378 g/mol. The molecule has 2 amide bonds. The van der Waals surface area contributed by atoms with E-state index in [0.29, 0.717) is 0 Å². The number of halogens is 1. The molecule has 0 saturated heterocycles. The Bertz CT molecular complexity index is 944. The zero-order valence-corrected chi connectivity index (χ0v) is 15.0. The van der Waals surface area contributed by atoms with E-state index >= 15 is 0 Å². The Balaban J connectivity index is 2.38. The van der Waals surface area contributed by atoms with E-state index in [9.17, 15) is 24.5 Å². The fourth-order valence-electron chi connectivity index (χ4n) is 2.20. The summed E-state index contributed by atoms with van der Waals surface area (Å²) >= 11 is 5.95. The first-order chi connectivity index (χ1) is 12.8. The Labute approximate surface area is 158 Å². The number of amides is 2. The summed E-state index contributed by atoms with van der Waals surface area (Å²) in [7, 11) is 2.55. The number of non-ortho nitro benzene ring substituents is 1. The molecular formula is C17H14ClN3O6. The van der Waals surface area contributed by atoms with Crippen molar-refractivity contribution in [3.63, 3.8) is 0 Å². The molecule has 0 aromatic heterocycles. The maximum absolute atomic E-state index is 12.5. The van der Waals surface area contributed by atoms with E-state index in [1.807, 2.05) is 0 Å². The van der Waals surface area contributed by atoms with E-state index in [1.54, 1.807) is 0 Å². The third kappa shape index (κ3) is 4.59. The number of methoxy groups -OCH3 is 1. The van der Waals surface area contributed by atoms with Crippen LogP contribution in [0.1, 0.15) is 31.1 Å². The number of esters is 1. The molecule has 10 heteroatoms. The third-order valence-corrected chi connectivity index (χ3v) is 3.84. The first-order valence-corrected chi connectivity index (χ1v) is 7.85. The average molecular weight is 392 g/mol. The molecule has 0 radical (unpaired) electrons. The van der Waals surface area contributed by atoms with Crippen molar-refractivity contribution in [3.05, 3.63) is 68.2 Å². The van der Waals surface area contributed by atoms with Crippen molar-refractivity contribution in [1.29, 1.82) is 0 Å². The van der Waals surface area contributed by atoms with Crippen molar-refractivity contribution >= 4 is 40.8 Å². The van der Waals surface area contributed by atoms with Crippen molar-refractivity contribution in [2.24, 2.45) is 0 Å². The van der Waals surface area contributed by atoms with Gasteiger partial charge in [0.1, 0.15) is 0 Å². The standard InChI is InChI=1S/C17H14ClN3O6/c1-19-16(23)13-8-11(3-4-14(13)18)20-15(22)9-5-10(17(24)27-2)7-12(6-9)21(25)26/h3-8H,1-2H3,(H,19,23)(H,20,22). The quantitative estimate of drug-likeness (QED) is 0.458. The van der Waals surface area contributed by atoms with Crippen LogP contribution in [0.5, 0.6) is 0 Å². The summed E-state index contributed by atoms with van der Waals surface area (Å²) in [5, 5.41) is 16.2. The lowest BCUT2D eigenvalue weighted by molar-refractivity contribution is -0.384. The van der Waals surface area contributed by atoms with Crippen LogP contribution in [0.25, 0.3) is 0 Å². The highest BCUT2D eigenvalue weighted by molar-refractivity contribution is 6.34. The number of ether oxygens (including phenoxy) is 1. The minimum Gasteiger partial charge on any atom is -0.465 e. The molecule has 2 aromatic rings. The molecule has 2 N–H and O–H groups in total. The molecule has 0 aliphatic carbocycles. The number of nitro benzene ring substituents is 1. The van der Waals surface area contributed by atoms with Gasteiger partial charge in [-0.1, -0.05) is 11.6 Å². The number of nitrogens with zero attached hydrogens (tertiary/aromatic N) is 1. The number of carbonyl (C=O) groups is 3. The number of carbonyl (C=O) groups excluding carboxylic acids is 3. The molecule has 140 valence electrons. The summed E-state index contributed by atoms with van der Waals surface area (Å²) in [6.45, 7) is 0. The van der Waals surface area contributed by atoms with Gasteiger partial charge in [0.25, 0.3) is 17.5 Å². The lowest BCUT2D eigenvalue weighted by Crippen LogP contribution is -2.19. The van der Waals surface area contributed by atoms with Crippen molar-refractivity contribution in [3.8, 4) is 0 Å². The van der Waals surface area contributed by atoms with Gasteiger partial charge in [-0.2, -0.15) is 0 Å². The van der Waals surface area contributed by atoms with Crippen LogP contribution >= 0.6 is 11.6 Å². The number of nitrogens with one attached hydrogen (secondary N) is 2. The zero-order valence-electron chi connectivity index (χ0n) is 14.2. The molecule has 27 heavy (non-hydrogen) atoms. The van der Waals surface area contributed by atoms with E-state index in [2.05, 4.69) is 15.4 Å². The average Bonchev–Trinajstić information content (AvgIpc) is 2.67. The molecule has 9 nitrogen and oxygen atoms in total. The fraction of sp³-hybridized carbons (Fsp3) is 0.118. The molecule has 0 unspecified atom stereocenters. The van der Waals surface area contributed by atoms with Gasteiger partial charge in [-0.05, 0) is 24.3 Å². The second-order valence-electron chi connectivity index (χ2n) is 5.25. The maximum Gasteiger partial charge on any atom is 0.338 e. The summed E-state index contributed by atoms with van der Waals surface area (Å²) in [6, 6.07) is 7.45. The van der Waals surface area contributed by atoms with Gasteiger partial charge in [-0.25, -0.2) is 4.79 Å². The maximum atomic E-state index is 12.5. The van der Waals surface area contributed by atoms with Crippen LogP contribution in [-0.4, -0.2) is 36.9 Å². The number of anilines is 1. The number of rotatable bonds is 5. The second kappa shape index (κ2) is 8.28. The normalized spacial score (nSPS) is 10.0. The first-order valence-electron chi connectivity index (χ1n) is 7.47. The van der Waals surface area contributed by atoms with Crippen molar-refractivity contribution in [2.45, 2.75) is 0 Å². The Morgan fingerprint density at radius 2 is 1.74 bits per heavy atom. The Kier molecular flexibility index (Phi) is 6.09. The van der Waals surface area contributed by atoms with Gasteiger partial charge >= 0.3 is 5.97 Å². The van der Waals surface area contributed by atoms with Gasteiger partial charge in [-0.3, -0.25) is 19.7 Å². The summed E-state index contributed by atoms with van der Waals surface area (Å²) in [5.41, 5.74) is -0.314.